The van der Waals surface area contributed by atoms with Crippen LogP contribution in [0.25, 0.3) is 0 Å². The van der Waals surface area contributed by atoms with Crippen molar-refractivity contribution in [2.24, 2.45) is 0 Å². The predicted octanol–water partition coefficient (Wildman–Crippen LogP) is 1.61. The molecule has 0 aromatic heterocycles. The number of nitriles is 1. The molecule has 0 bridgehead atoms. The molecule has 2 rings (SSSR count). The minimum absolute atomic E-state index is 0.0163. The zero-order valence-electron chi connectivity index (χ0n) is 10.6. The van der Waals surface area contributed by atoms with Crippen LogP contribution in [0.15, 0.2) is 0 Å². The fourth-order valence-corrected chi connectivity index (χ4v) is 2.93. The first kappa shape index (κ1) is 12.8. The highest BCUT2D eigenvalue weighted by Crippen LogP contribution is 2.30. The van der Waals surface area contributed by atoms with Crippen molar-refractivity contribution >= 4 is 0 Å². The van der Waals surface area contributed by atoms with Crippen molar-refractivity contribution < 1.29 is 9.47 Å². The zero-order valence-corrected chi connectivity index (χ0v) is 10.6. The summed E-state index contributed by atoms with van der Waals surface area (Å²) < 4.78 is 11.1. The van der Waals surface area contributed by atoms with Crippen LogP contribution >= 0.6 is 0 Å². The molecule has 0 amide bonds. The maximum absolute atomic E-state index is 9.48. The van der Waals surface area contributed by atoms with Crippen LogP contribution in [-0.2, 0) is 9.47 Å². The van der Waals surface area contributed by atoms with E-state index in [1.165, 1.54) is 0 Å². The van der Waals surface area contributed by atoms with E-state index in [1.54, 1.807) is 7.11 Å². The predicted molar refractivity (Wildman–Crippen MR) is 64.6 cm³/mol. The van der Waals surface area contributed by atoms with Gasteiger partial charge in [-0.2, -0.15) is 5.26 Å². The van der Waals surface area contributed by atoms with Crippen LogP contribution in [-0.4, -0.2) is 38.0 Å². The first-order valence-electron chi connectivity index (χ1n) is 6.61. The number of rotatable bonds is 4. The topological polar surface area (TPSA) is 54.3 Å². The second kappa shape index (κ2) is 5.81. The third-order valence-corrected chi connectivity index (χ3v) is 3.99. The van der Waals surface area contributed by atoms with Crippen LogP contribution in [0.2, 0.25) is 0 Å². The first-order chi connectivity index (χ1) is 8.30. The lowest BCUT2D eigenvalue weighted by atomic mass is 9.80. The highest BCUT2D eigenvalue weighted by atomic mass is 16.5. The van der Waals surface area contributed by atoms with Crippen molar-refractivity contribution in [1.29, 1.82) is 5.26 Å². The smallest absolute Gasteiger partial charge is 0.133 e. The van der Waals surface area contributed by atoms with E-state index in [0.29, 0.717) is 0 Å². The number of nitrogens with one attached hydrogen (secondary N) is 1. The van der Waals surface area contributed by atoms with Crippen LogP contribution in [0.4, 0.5) is 0 Å². The Labute approximate surface area is 103 Å². The first-order valence-corrected chi connectivity index (χ1v) is 6.61. The Kier molecular flexibility index (Phi) is 4.38. The summed E-state index contributed by atoms with van der Waals surface area (Å²) >= 11 is 0. The van der Waals surface area contributed by atoms with Gasteiger partial charge in [0.15, 0.2) is 0 Å². The second-order valence-electron chi connectivity index (χ2n) is 5.07. The summed E-state index contributed by atoms with van der Waals surface area (Å²) in [7, 11) is 1.70. The second-order valence-corrected chi connectivity index (χ2v) is 5.07. The van der Waals surface area contributed by atoms with Gasteiger partial charge >= 0.3 is 0 Å². The number of methoxy groups -OCH3 is 1. The Morgan fingerprint density at radius 1 is 1.41 bits per heavy atom. The normalized spacial score (nSPS) is 37.9. The summed E-state index contributed by atoms with van der Waals surface area (Å²) in [5.41, 5.74) is -0.501. The van der Waals surface area contributed by atoms with Crippen molar-refractivity contribution in [3.05, 3.63) is 0 Å². The van der Waals surface area contributed by atoms with Crippen LogP contribution in [0.1, 0.15) is 38.5 Å². The Hall–Kier alpha value is -0.630. The van der Waals surface area contributed by atoms with Crippen LogP contribution in [0, 0.1) is 11.3 Å². The molecule has 3 unspecified atom stereocenters. The number of hydrogen-bond acceptors (Lipinski definition) is 4. The highest BCUT2D eigenvalue weighted by molar-refractivity contribution is 5.14. The summed E-state index contributed by atoms with van der Waals surface area (Å²) in [5.74, 6) is 0. The van der Waals surface area contributed by atoms with E-state index in [-0.39, 0.29) is 12.2 Å². The average molecular weight is 238 g/mol. The van der Waals surface area contributed by atoms with Gasteiger partial charge < -0.3 is 9.47 Å². The van der Waals surface area contributed by atoms with Crippen molar-refractivity contribution in [2.45, 2.75) is 56.3 Å². The van der Waals surface area contributed by atoms with Gasteiger partial charge in [0.2, 0.25) is 0 Å². The fraction of sp³-hybridized carbons (Fsp3) is 0.923. The van der Waals surface area contributed by atoms with Crippen LogP contribution in [0.5, 0.6) is 0 Å². The van der Waals surface area contributed by atoms with E-state index >= 15 is 0 Å². The third-order valence-electron chi connectivity index (χ3n) is 3.99. The Balaban J connectivity index is 1.94. The molecular weight excluding hydrogens is 216 g/mol. The van der Waals surface area contributed by atoms with Gasteiger partial charge in [-0.3, -0.25) is 5.32 Å². The minimum atomic E-state index is -0.501. The van der Waals surface area contributed by atoms with E-state index in [0.717, 1.165) is 51.7 Å². The summed E-state index contributed by atoms with van der Waals surface area (Å²) in [6.07, 6.45) is 6.65. The lowest BCUT2D eigenvalue weighted by Crippen LogP contribution is -2.57. The summed E-state index contributed by atoms with van der Waals surface area (Å²) in [6, 6.07) is 2.45. The standard InChI is InChI=1S/C13H22N2O2/c1-16-12-6-2-3-7-13(12,10-14)15-9-11-5-4-8-17-11/h11-12,15H,2-9H2,1H3. The monoisotopic (exact) mass is 238 g/mol. The minimum Gasteiger partial charge on any atom is -0.378 e. The van der Waals surface area contributed by atoms with Gasteiger partial charge in [0.1, 0.15) is 5.54 Å². The van der Waals surface area contributed by atoms with Gasteiger partial charge in [0.25, 0.3) is 0 Å². The van der Waals surface area contributed by atoms with Crippen molar-refractivity contribution in [1.82, 2.24) is 5.32 Å². The molecule has 1 aliphatic carbocycles. The Bertz CT molecular complexity index is 284. The molecule has 1 saturated carbocycles. The Morgan fingerprint density at radius 2 is 2.29 bits per heavy atom. The maximum Gasteiger partial charge on any atom is 0.133 e. The lowest BCUT2D eigenvalue weighted by molar-refractivity contribution is 0.00570. The molecule has 1 heterocycles. The van der Waals surface area contributed by atoms with Gasteiger partial charge in [0.05, 0.1) is 18.3 Å². The molecule has 3 atom stereocenters. The summed E-state index contributed by atoms with van der Waals surface area (Å²) in [4.78, 5) is 0. The van der Waals surface area contributed by atoms with Crippen molar-refractivity contribution in [3.63, 3.8) is 0 Å². The lowest BCUT2D eigenvalue weighted by Gasteiger charge is -2.39. The maximum atomic E-state index is 9.48. The molecule has 1 aliphatic heterocycles. The van der Waals surface area contributed by atoms with Gasteiger partial charge in [-0.05, 0) is 25.7 Å². The van der Waals surface area contributed by atoms with E-state index in [1.807, 2.05) is 0 Å². The number of nitrogens with zero attached hydrogens (tertiary/aromatic N) is 1. The molecule has 0 radical (unpaired) electrons. The van der Waals surface area contributed by atoms with E-state index in [2.05, 4.69) is 11.4 Å². The quantitative estimate of drug-likeness (QED) is 0.808. The SMILES string of the molecule is COC1CCCCC1(C#N)NCC1CCCO1. The van der Waals surface area contributed by atoms with E-state index in [4.69, 9.17) is 9.47 Å². The van der Waals surface area contributed by atoms with E-state index < -0.39 is 5.54 Å². The van der Waals surface area contributed by atoms with Gasteiger partial charge in [-0.15, -0.1) is 0 Å². The molecule has 0 aromatic carbocycles. The fourth-order valence-electron chi connectivity index (χ4n) is 2.93. The largest absolute Gasteiger partial charge is 0.378 e. The van der Waals surface area contributed by atoms with Gasteiger partial charge in [-0.25, -0.2) is 0 Å². The molecule has 0 aromatic rings. The van der Waals surface area contributed by atoms with Gasteiger partial charge in [-0.1, -0.05) is 12.8 Å². The summed E-state index contributed by atoms with van der Waals surface area (Å²) in [6.45, 7) is 1.63. The molecule has 96 valence electrons. The number of hydrogen-bond donors (Lipinski definition) is 1. The van der Waals surface area contributed by atoms with Crippen molar-refractivity contribution in [3.8, 4) is 6.07 Å². The third kappa shape index (κ3) is 2.79. The molecule has 1 N–H and O–H groups in total. The molecular formula is C13H22N2O2. The number of ether oxygens (including phenoxy) is 2. The molecule has 4 nitrogen and oxygen atoms in total. The highest BCUT2D eigenvalue weighted by Gasteiger charge is 2.41. The molecule has 4 heteroatoms. The zero-order chi connectivity index (χ0) is 12.1. The van der Waals surface area contributed by atoms with Crippen LogP contribution < -0.4 is 5.32 Å². The van der Waals surface area contributed by atoms with Gasteiger partial charge in [0, 0.05) is 20.3 Å². The summed E-state index contributed by atoms with van der Waals surface area (Å²) in [5, 5.41) is 12.9. The average Bonchev–Trinajstić information content (AvgIpc) is 2.89. The molecule has 1 saturated heterocycles. The molecule has 2 fully saturated rings. The Morgan fingerprint density at radius 3 is 2.94 bits per heavy atom. The molecule has 2 aliphatic rings. The van der Waals surface area contributed by atoms with E-state index in [9.17, 15) is 5.26 Å². The van der Waals surface area contributed by atoms with Crippen LogP contribution in [0.3, 0.4) is 0 Å². The molecule has 0 spiro atoms. The van der Waals surface area contributed by atoms with Crippen molar-refractivity contribution in [2.75, 3.05) is 20.3 Å². The molecule has 17 heavy (non-hydrogen) atoms.